The van der Waals surface area contributed by atoms with Gasteiger partial charge >= 0.3 is 5.69 Å². The predicted octanol–water partition coefficient (Wildman–Crippen LogP) is 1.82. The van der Waals surface area contributed by atoms with Crippen molar-refractivity contribution in [2.24, 2.45) is 7.05 Å². The van der Waals surface area contributed by atoms with Gasteiger partial charge in [0.25, 0.3) is 0 Å². The van der Waals surface area contributed by atoms with Gasteiger partial charge in [-0.05, 0) is 37.7 Å². The molecule has 0 bridgehead atoms. The van der Waals surface area contributed by atoms with Gasteiger partial charge in [0.1, 0.15) is 6.54 Å². The van der Waals surface area contributed by atoms with Crippen molar-refractivity contribution < 1.29 is 4.79 Å². The standard InChI is InChI=1S/C18H22N4O2S/c1-20(2)15(16-9-6-10-25-16)11-19-17(23)12-22-14-8-5-4-7-13(14)21(3)18(22)24/h4-10,15H,11-12H2,1-3H3,(H,19,23)/t15-/m1/s1. The molecule has 1 aromatic carbocycles. The normalized spacial score (nSPS) is 12.6. The van der Waals surface area contributed by atoms with Crippen molar-refractivity contribution in [1.29, 1.82) is 0 Å². The number of amides is 1. The number of hydrogen-bond acceptors (Lipinski definition) is 4. The molecule has 0 aliphatic carbocycles. The molecule has 0 unspecified atom stereocenters. The summed E-state index contributed by atoms with van der Waals surface area (Å²) in [6.07, 6.45) is 0. The fourth-order valence-electron chi connectivity index (χ4n) is 2.94. The van der Waals surface area contributed by atoms with Crippen molar-refractivity contribution >= 4 is 28.3 Å². The Labute approximate surface area is 150 Å². The summed E-state index contributed by atoms with van der Waals surface area (Å²) in [5.41, 5.74) is 1.41. The summed E-state index contributed by atoms with van der Waals surface area (Å²) in [5.74, 6) is -0.165. The SMILES string of the molecule is CN(C)[C@H](CNC(=O)Cn1c(=O)n(C)c2ccccc21)c1cccs1. The zero-order valence-electron chi connectivity index (χ0n) is 14.6. The fraction of sp³-hybridized carbons (Fsp3) is 0.333. The second kappa shape index (κ2) is 7.25. The van der Waals surface area contributed by atoms with Gasteiger partial charge in [-0.3, -0.25) is 13.9 Å². The first kappa shape index (κ1) is 17.4. The van der Waals surface area contributed by atoms with Gasteiger partial charge in [-0.1, -0.05) is 18.2 Å². The van der Waals surface area contributed by atoms with Crippen LogP contribution >= 0.6 is 11.3 Å². The smallest absolute Gasteiger partial charge is 0.329 e. The summed E-state index contributed by atoms with van der Waals surface area (Å²) in [4.78, 5) is 28.1. The van der Waals surface area contributed by atoms with Crippen LogP contribution in [0.4, 0.5) is 0 Å². The van der Waals surface area contributed by atoms with E-state index in [0.717, 1.165) is 11.0 Å². The molecule has 2 heterocycles. The topological polar surface area (TPSA) is 59.3 Å². The summed E-state index contributed by atoms with van der Waals surface area (Å²) >= 11 is 1.67. The van der Waals surface area contributed by atoms with Gasteiger partial charge in [0, 0.05) is 18.5 Å². The number of aromatic nitrogens is 2. The maximum Gasteiger partial charge on any atom is 0.329 e. The van der Waals surface area contributed by atoms with Gasteiger partial charge in [-0.15, -0.1) is 11.3 Å². The number of thiophene rings is 1. The van der Waals surface area contributed by atoms with Gasteiger partial charge in [-0.2, -0.15) is 0 Å². The number of imidazole rings is 1. The summed E-state index contributed by atoms with van der Waals surface area (Å²) in [5, 5.41) is 4.99. The van der Waals surface area contributed by atoms with E-state index in [1.165, 1.54) is 9.44 Å². The van der Waals surface area contributed by atoms with Gasteiger partial charge in [0.05, 0.1) is 17.1 Å². The van der Waals surface area contributed by atoms with E-state index in [0.29, 0.717) is 6.54 Å². The molecule has 0 fully saturated rings. The zero-order valence-corrected chi connectivity index (χ0v) is 15.4. The molecule has 132 valence electrons. The highest BCUT2D eigenvalue weighted by Crippen LogP contribution is 2.22. The Morgan fingerprint density at radius 2 is 1.92 bits per heavy atom. The number of nitrogens with zero attached hydrogens (tertiary/aromatic N) is 3. The molecule has 0 aliphatic rings. The summed E-state index contributed by atoms with van der Waals surface area (Å²) in [7, 11) is 5.70. The van der Waals surface area contributed by atoms with Gasteiger partial charge in [0.15, 0.2) is 0 Å². The molecule has 3 rings (SSSR count). The number of carbonyl (C=O) groups excluding carboxylic acids is 1. The van der Waals surface area contributed by atoms with Crippen molar-refractivity contribution in [1.82, 2.24) is 19.4 Å². The number of benzene rings is 1. The third-order valence-corrected chi connectivity index (χ3v) is 5.31. The van der Waals surface area contributed by atoms with Crippen molar-refractivity contribution in [2.75, 3.05) is 20.6 Å². The van der Waals surface area contributed by atoms with Crippen LogP contribution in [-0.4, -0.2) is 40.6 Å². The number of para-hydroxylation sites is 2. The highest BCUT2D eigenvalue weighted by Gasteiger charge is 2.18. The van der Waals surface area contributed by atoms with Crippen LogP contribution < -0.4 is 11.0 Å². The molecule has 1 N–H and O–H groups in total. The molecular formula is C18H22N4O2S. The van der Waals surface area contributed by atoms with Crippen LogP contribution in [0.15, 0.2) is 46.6 Å². The lowest BCUT2D eigenvalue weighted by Crippen LogP contribution is -2.37. The number of rotatable bonds is 6. The molecule has 0 saturated heterocycles. The van der Waals surface area contributed by atoms with Gasteiger partial charge in [-0.25, -0.2) is 4.79 Å². The molecule has 0 radical (unpaired) electrons. The second-order valence-corrected chi connectivity index (χ2v) is 7.19. The molecule has 0 spiro atoms. The van der Waals surface area contributed by atoms with E-state index in [1.807, 2.05) is 49.8 Å². The molecule has 3 aromatic rings. The fourth-order valence-corrected chi connectivity index (χ4v) is 3.87. The van der Waals surface area contributed by atoms with Crippen LogP contribution in [0.1, 0.15) is 10.9 Å². The molecule has 7 heteroatoms. The lowest BCUT2D eigenvalue weighted by atomic mass is 10.2. The van der Waals surface area contributed by atoms with Crippen molar-refractivity contribution in [2.45, 2.75) is 12.6 Å². The van der Waals surface area contributed by atoms with Crippen molar-refractivity contribution in [3.63, 3.8) is 0 Å². The molecule has 0 aliphatic heterocycles. The van der Waals surface area contributed by atoms with Crippen LogP contribution in [0.25, 0.3) is 11.0 Å². The van der Waals surface area contributed by atoms with E-state index in [-0.39, 0.29) is 24.2 Å². The Morgan fingerprint density at radius 1 is 1.20 bits per heavy atom. The van der Waals surface area contributed by atoms with Crippen LogP contribution in [0.5, 0.6) is 0 Å². The minimum atomic E-state index is -0.182. The third kappa shape index (κ3) is 3.52. The lowest BCUT2D eigenvalue weighted by molar-refractivity contribution is -0.121. The number of aryl methyl sites for hydroxylation is 1. The minimum Gasteiger partial charge on any atom is -0.353 e. The highest BCUT2D eigenvalue weighted by molar-refractivity contribution is 7.10. The Hall–Kier alpha value is -2.38. The van der Waals surface area contributed by atoms with Gasteiger partial charge < -0.3 is 10.2 Å². The minimum absolute atomic E-state index is 0.0186. The van der Waals surface area contributed by atoms with Crippen LogP contribution in [0.2, 0.25) is 0 Å². The van der Waals surface area contributed by atoms with E-state index < -0.39 is 0 Å². The molecule has 6 nitrogen and oxygen atoms in total. The molecular weight excluding hydrogens is 336 g/mol. The first-order valence-electron chi connectivity index (χ1n) is 8.10. The molecule has 1 atom stereocenters. The predicted molar refractivity (Wildman–Crippen MR) is 101 cm³/mol. The molecule has 25 heavy (non-hydrogen) atoms. The van der Waals surface area contributed by atoms with E-state index in [1.54, 1.807) is 23.0 Å². The number of carbonyl (C=O) groups is 1. The van der Waals surface area contributed by atoms with Crippen LogP contribution in [0, 0.1) is 0 Å². The van der Waals surface area contributed by atoms with Gasteiger partial charge in [0.2, 0.25) is 5.91 Å². The van der Waals surface area contributed by atoms with E-state index in [4.69, 9.17) is 0 Å². The summed E-state index contributed by atoms with van der Waals surface area (Å²) < 4.78 is 3.08. The Kier molecular flexibility index (Phi) is 5.06. The van der Waals surface area contributed by atoms with Crippen molar-refractivity contribution in [3.05, 3.63) is 57.1 Å². The Balaban J connectivity index is 1.73. The molecule has 1 amide bonds. The zero-order chi connectivity index (χ0) is 18.0. The lowest BCUT2D eigenvalue weighted by Gasteiger charge is -2.23. The third-order valence-electron chi connectivity index (χ3n) is 4.34. The summed E-state index contributed by atoms with van der Waals surface area (Å²) in [6, 6.07) is 11.7. The van der Waals surface area contributed by atoms with Crippen LogP contribution in [-0.2, 0) is 18.4 Å². The number of hydrogen-bond donors (Lipinski definition) is 1. The average Bonchev–Trinajstić information content (AvgIpc) is 3.19. The van der Waals surface area contributed by atoms with E-state index >= 15 is 0 Å². The quantitative estimate of drug-likeness (QED) is 0.731. The van der Waals surface area contributed by atoms with Crippen molar-refractivity contribution in [3.8, 4) is 0 Å². The average molecular weight is 358 g/mol. The maximum atomic E-state index is 12.4. The summed E-state index contributed by atoms with van der Waals surface area (Å²) in [6.45, 7) is 0.524. The second-order valence-electron chi connectivity index (χ2n) is 6.22. The largest absolute Gasteiger partial charge is 0.353 e. The Bertz CT molecular complexity index is 924. The molecule has 0 saturated carbocycles. The van der Waals surface area contributed by atoms with E-state index in [9.17, 15) is 9.59 Å². The van der Waals surface area contributed by atoms with E-state index in [2.05, 4.69) is 16.3 Å². The maximum absolute atomic E-state index is 12.4. The molecule has 2 aromatic heterocycles. The number of likely N-dealkylation sites (N-methyl/N-ethyl adjacent to an activating group) is 1. The first-order chi connectivity index (χ1) is 12.0. The Morgan fingerprint density at radius 3 is 2.56 bits per heavy atom. The number of fused-ring (bicyclic) bond motifs is 1. The first-order valence-corrected chi connectivity index (χ1v) is 8.97. The number of nitrogens with one attached hydrogen (secondary N) is 1. The van der Waals surface area contributed by atoms with Crippen LogP contribution in [0.3, 0.4) is 0 Å². The highest BCUT2D eigenvalue weighted by atomic mass is 32.1. The monoisotopic (exact) mass is 358 g/mol.